The molecule has 1 fully saturated rings. The Morgan fingerprint density at radius 3 is 3.00 bits per heavy atom. The molecule has 2 unspecified atom stereocenters. The van der Waals surface area contributed by atoms with E-state index < -0.39 is 5.92 Å². The van der Waals surface area contributed by atoms with Crippen molar-refractivity contribution in [2.45, 2.75) is 51.2 Å². The predicted molar refractivity (Wildman–Crippen MR) is 95.3 cm³/mol. The second-order valence-corrected chi connectivity index (χ2v) is 6.67. The van der Waals surface area contributed by atoms with Gasteiger partial charge < -0.3 is 14.0 Å². The largest absolute Gasteiger partial charge is 0.469 e. The molecule has 0 spiro atoms. The van der Waals surface area contributed by atoms with E-state index in [1.54, 1.807) is 0 Å². The van der Waals surface area contributed by atoms with Crippen LogP contribution < -0.4 is 0 Å². The van der Waals surface area contributed by atoms with Crippen LogP contribution in [0, 0.1) is 18.3 Å². The van der Waals surface area contributed by atoms with Crippen LogP contribution in [-0.4, -0.2) is 30.4 Å². The van der Waals surface area contributed by atoms with E-state index in [4.69, 9.17) is 14.7 Å². The number of hydrogen-bond acceptors (Lipinski definition) is 4. The van der Waals surface area contributed by atoms with E-state index in [9.17, 15) is 4.79 Å². The van der Waals surface area contributed by atoms with Gasteiger partial charge in [-0.25, -0.2) is 0 Å². The maximum atomic E-state index is 12.0. The molecule has 1 aliphatic heterocycles. The molecule has 0 bridgehead atoms. The number of hydrogen-bond donors (Lipinski definition) is 0. The Bertz CT molecular complexity index is 797. The fourth-order valence-corrected chi connectivity index (χ4v) is 3.60. The van der Waals surface area contributed by atoms with Gasteiger partial charge in [0, 0.05) is 30.3 Å². The first kappa shape index (κ1) is 17.5. The van der Waals surface area contributed by atoms with Crippen LogP contribution >= 0.6 is 0 Å². The fraction of sp³-hybridized carbons (Fsp3) is 0.500. The zero-order chi connectivity index (χ0) is 17.8. The molecule has 0 N–H and O–H groups in total. The second kappa shape index (κ2) is 7.71. The van der Waals surface area contributed by atoms with E-state index in [1.165, 1.54) is 24.5 Å². The van der Waals surface area contributed by atoms with Crippen molar-refractivity contribution in [2.75, 3.05) is 13.7 Å². The summed E-state index contributed by atoms with van der Waals surface area (Å²) >= 11 is 0. The molecular weight excluding hydrogens is 316 g/mol. The lowest BCUT2D eigenvalue weighted by molar-refractivity contribution is -0.142. The molecule has 1 aliphatic rings. The van der Waals surface area contributed by atoms with E-state index in [1.807, 2.05) is 18.2 Å². The lowest BCUT2D eigenvalue weighted by Crippen LogP contribution is -2.24. The van der Waals surface area contributed by atoms with Crippen molar-refractivity contribution in [3.05, 3.63) is 35.5 Å². The van der Waals surface area contributed by atoms with Crippen molar-refractivity contribution < 1.29 is 14.3 Å². The number of methoxy groups -OCH3 is 1. The van der Waals surface area contributed by atoms with E-state index in [-0.39, 0.29) is 18.5 Å². The molecule has 2 aromatic rings. The van der Waals surface area contributed by atoms with Gasteiger partial charge in [0.05, 0.1) is 31.6 Å². The van der Waals surface area contributed by atoms with Crippen LogP contribution in [0.1, 0.15) is 42.7 Å². The SMILES string of the molecule is COC(=O)C(CC#N)c1ccc2c(C)cn(CC3CCCCO3)c2c1. The van der Waals surface area contributed by atoms with Crippen LogP contribution in [0.25, 0.3) is 10.9 Å². The van der Waals surface area contributed by atoms with Crippen LogP contribution in [-0.2, 0) is 20.8 Å². The van der Waals surface area contributed by atoms with Crippen LogP contribution in [0.15, 0.2) is 24.4 Å². The van der Waals surface area contributed by atoms with E-state index >= 15 is 0 Å². The van der Waals surface area contributed by atoms with Crippen molar-refractivity contribution in [1.29, 1.82) is 5.26 Å². The van der Waals surface area contributed by atoms with Gasteiger partial charge in [0.2, 0.25) is 0 Å². The molecule has 5 heteroatoms. The molecule has 5 nitrogen and oxygen atoms in total. The lowest BCUT2D eigenvalue weighted by Gasteiger charge is -2.23. The first-order valence-corrected chi connectivity index (χ1v) is 8.79. The number of nitriles is 1. The van der Waals surface area contributed by atoms with Crippen LogP contribution in [0.2, 0.25) is 0 Å². The van der Waals surface area contributed by atoms with E-state index in [0.717, 1.165) is 37.1 Å². The summed E-state index contributed by atoms with van der Waals surface area (Å²) < 4.78 is 13.0. The molecule has 0 amide bonds. The van der Waals surface area contributed by atoms with Crippen molar-refractivity contribution in [3.63, 3.8) is 0 Å². The molecular formula is C20H24N2O3. The maximum Gasteiger partial charge on any atom is 0.314 e. The molecule has 132 valence electrons. The van der Waals surface area contributed by atoms with Crippen molar-refractivity contribution >= 4 is 16.9 Å². The molecule has 0 radical (unpaired) electrons. The number of ether oxygens (including phenoxy) is 2. The van der Waals surface area contributed by atoms with Crippen LogP contribution in [0.4, 0.5) is 0 Å². The number of nitrogens with zero attached hydrogens (tertiary/aromatic N) is 2. The summed E-state index contributed by atoms with van der Waals surface area (Å²) in [5.74, 6) is -0.916. The standard InChI is InChI=1S/C20H24N2O3/c1-14-12-22(13-16-5-3-4-10-25-16)19-11-15(6-7-17(14)19)18(8-9-21)20(23)24-2/h6-7,11-12,16,18H,3-5,8,10,13H2,1-2H3. The predicted octanol–water partition coefficient (Wildman–Crippen LogP) is 3.69. The van der Waals surface area contributed by atoms with Gasteiger partial charge in [-0.1, -0.05) is 12.1 Å². The fourth-order valence-electron chi connectivity index (χ4n) is 3.60. The van der Waals surface area contributed by atoms with E-state index in [0.29, 0.717) is 0 Å². The first-order valence-electron chi connectivity index (χ1n) is 8.79. The summed E-state index contributed by atoms with van der Waals surface area (Å²) in [4.78, 5) is 12.0. The summed E-state index contributed by atoms with van der Waals surface area (Å²) in [6.45, 7) is 3.74. The quantitative estimate of drug-likeness (QED) is 0.779. The third-order valence-electron chi connectivity index (χ3n) is 4.96. The number of carbonyl (C=O) groups excluding carboxylic acids is 1. The highest BCUT2D eigenvalue weighted by atomic mass is 16.5. The van der Waals surface area contributed by atoms with Gasteiger partial charge in [-0.05, 0) is 43.4 Å². The highest BCUT2D eigenvalue weighted by Crippen LogP contribution is 2.29. The topological polar surface area (TPSA) is 64.2 Å². The number of rotatable bonds is 5. The lowest BCUT2D eigenvalue weighted by atomic mass is 9.95. The van der Waals surface area contributed by atoms with Gasteiger partial charge >= 0.3 is 5.97 Å². The number of fused-ring (bicyclic) bond motifs is 1. The van der Waals surface area contributed by atoms with E-state index in [2.05, 4.69) is 23.8 Å². The van der Waals surface area contributed by atoms with Crippen molar-refractivity contribution in [2.24, 2.45) is 0 Å². The Balaban J connectivity index is 1.96. The minimum atomic E-state index is -0.547. The summed E-state index contributed by atoms with van der Waals surface area (Å²) in [5, 5.41) is 10.2. The molecule has 3 rings (SSSR count). The summed E-state index contributed by atoms with van der Waals surface area (Å²) in [6, 6.07) is 8.06. The minimum Gasteiger partial charge on any atom is -0.469 e. The number of esters is 1. The van der Waals surface area contributed by atoms with Gasteiger partial charge in [0.15, 0.2) is 0 Å². The zero-order valence-corrected chi connectivity index (χ0v) is 14.8. The Morgan fingerprint density at radius 2 is 2.32 bits per heavy atom. The first-order chi connectivity index (χ1) is 12.1. The molecule has 1 saturated heterocycles. The van der Waals surface area contributed by atoms with Gasteiger partial charge in [-0.15, -0.1) is 0 Å². The Kier molecular flexibility index (Phi) is 5.40. The van der Waals surface area contributed by atoms with Gasteiger partial charge in [0.1, 0.15) is 0 Å². The average Bonchev–Trinajstić information content (AvgIpc) is 2.95. The maximum absolute atomic E-state index is 12.0. The minimum absolute atomic E-state index is 0.115. The van der Waals surface area contributed by atoms with Gasteiger partial charge in [-0.3, -0.25) is 4.79 Å². The highest BCUT2D eigenvalue weighted by molar-refractivity contribution is 5.86. The molecule has 1 aromatic carbocycles. The summed E-state index contributed by atoms with van der Waals surface area (Å²) in [7, 11) is 1.36. The molecule has 0 aliphatic carbocycles. The number of carbonyl (C=O) groups is 1. The van der Waals surface area contributed by atoms with Crippen LogP contribution in [0.5, 0.6) is 0 Å². The van der Waals surface area contributed by atoms with Crippen molar-refractivity contribution in [1.82, 2.24) is 4.57 Å². The number of benzene rings is 1. The number of aromatic nitrogens is 1. The van der Waals surface area contributed by atoms with Gasteiger partial charge in [0.25, 0.3) is 0 Å². The third-order valence-corrected chi connectivity index (χ3v) is 4.96. The Hall–Kier alpha value is -2.32. The smallest absolute Gasteiger partial charge is 0.314 e. The monoisotopic (exact) mass is 340 g/mol. The third kappa shape index (κ3) is 3.69. The number of aryl methyl sites for hydroxylation is 1. The molecule has 25 heavy (non-hydrogen) atoms. The van der Waals surface area contributed by atoms with Crippen LogP contribution in [0.3, 0.4) is 0 Å². The summed E-state index contributed by atoms with van der Waals surface area (Å²) in [5.41, 5.74) is 3.10. The highest BCUT2D eigenvalue weighted by Gasteiger charge is 2.23. The molecule has 1 aromatic heterocycles. The van der Waals surface area contributed by atoms with Gasteiger partial charge in [-0.2, -0.15) is 5.26 Å². The molecule has 0 saturated carbocycles. The Morgan fingerprint density at radius 1 is 1.48 bits per heavy atom. The summed E-state index contributed by atoms with van der Waals surface area (Å²) in [6.07, 6.45) is 5.93. The molecule has 2 atom stereocenters. The Labute approximate surface area is 148 Å². The average molecular weight is 340 g/mol. The molecule has 2 heterocycles. The normalized spacial score (nSPS) is 18.7. The second-order valence-electron chi connectivity index (χ2n) is 6.67. The van der Waals surface area contributed by atoms with Crippen molar-refractivity contribution in [3.8, 4) is 6.07 Å². The zero-order valence-electron chi connectivity index (χ0n) is 14.8.